The summed E-state index contributed by atoms with van der Waals surface area (Å²) < 4.78 is 8.59. The number of hydrogen-bond acceptors (Lipinski definition) is 3. The monoisotopic (exact) mass is 341 g/mol. The Bertz CT molecular complexity index is 348. The van der Waals surface area contributed by atoms with Crippen LogP contribution in [0.4, 0.5) is 0 Å². The first-order valence-electron chi connectivity index (χ1n) is 9.75. The van der Waals surface area contributed by atoms with Gasteiger partial charge in [-0.1, -0.05) is 48.5 Å². The molecular formula is C19H40N3P. The van der Waals surface area contributed by atoms with Crippen molar-refractivity contribution in [1.29, 1.82) is 0 Å². The molecule has 3 nitrogen and oxygen atoms in total. The normalized spacial score (nSPS) is 31.3. The second-order valence-corrected chi connectivity index (χ2v) is 11.7. The smallest absolute Gasteiger partial charge is 0.120 e. The van der Waals surface area contributed by atoms with Crippen molar-refractivity contribution in [3.63, 3.8) is 0 Å². The predicted octanol–water partition coefficient (Wildman–Crippen LogP) is 4.90. The van der Waals surface area contributed by atoms with E-state index in [1.165, 1.54) is 52.1 Å². The lowest BCUT2D eigenvalue weighted by atomic mass is 9.82. The Labute approximate surface area is 146 Å². The summed E-state index contributed by atoms with van der Waals surface area (Å²) in [4.78, 5) is 0. The van der Waals surface area contributed by atoms with Crippen LogP contribution in [0, 0.1) is 23.2 Å². The third kappa shape index (κ3) is 5.39. The minimum atomic E-state index is -0.276. The second kappa shape index (κ2) is 8.13. The van der Waals surface area contributed by atoms with Crippen molar-refractivity contribution in [3.05, 3.63) is 0 Å². The molecule has 4 heteroatoms. The van der Waals surface area contributed by atoms with Crippen LogP contribution in [0.3, 0.4) is 0 Å². The summed E-state index contributed by atoms with van der Waals surface area (Å²) >= 11 is 0. The minimum Gasteiger partial charge on any atom is -0.257 e. The van der Waals surface area contributed by atoms with Crippen molar-refractivity contribution in [2.75, 3.05) is 39.3 Å². The number of nitrogens with zero attached hydrogens (tertiary/aromatic N) is 3. The van der Waals surface area contributed by atoms with Gasteiger partial charge < -0.3 is 0 Å². The molecule has 2 fully saturated rings. The lowest BCUT2D eigenvalue weighted by Crippen LogP contribution is -2.40. The van der Waals surface area contributed by atoms with E-state index in [4.69, 9.17) is 0 Å². The average Bonchev–Trinajstić information content (AvgIpc) is 2.59. The van der Waals surface area contributed by atoms with Crippen LogP contribution in [0.15, 0.2) is 0 Å². The lowest BCUT2D eigenvalue weighted by molar-refractivity contribution is 0.201. The SMILES string of the molecule is CC(C)CN1CCC2(C)CCN(CC(C)C)P1N(CC(C)C)C2. The van der Waals surface area contributed by atoms with Gasteiger partial charge >= 0.3 is 0 Å². The molecule has 2 saturated heterocycles. The van der Waals surface area contributed by atoms with Gasteiger partial charge in [0.2, 0.25) is 0 Å². The molecule has 0 aromatic heterocycles. The molecule has 0 radical (unpaired) electrons. The van der Waals surface area contributed by atoms with Crippen molar-refractivity contribution in [1.82, 2.24) is 14.0 Å². The average molecular weight is 342 g/mol. The van der Waals surface area contributed by atoms with Crippen LogP contribution in [0.25, 0.3) is 0 Å². The zero-order chi connectivity index (χ0) is 17.2. The summed E-state index contributed by atoms with van der Waals surface area (Å²) in [5.74, 6) is 2.26. The summed E-state index contributed by atoms with van der Waals surface area (Å²) in [5, 5.41) is 0. The molecule has 0 aromatic carbocycles. The predicted molar refractivity (Wildman–Crippen MR) is 103 cm³/mol. The highest BCUT2D eigenvalue weighted by Gasteiger charge is 2.44. The highest BCUT2D eigenvalue weighted by molar-refractivity contribution is 7.50. The quantitative estimate of drug-likeness (QED) is 0.636. The third-order valence-electron chi connectivity index (χ3n) is 5.00. The molecule has 0 aliphatic carbocycles. The zero-order valence-corrected chi connectivity index (χ0v) is 17.6. The van der Waals surface area contributed by atoms with E-state index in [1.807, 2.05) is 0 Å². The van der Waals surface area contributed by atoms with E-state index >= 15 is 0 Å². The fourth-order valence-corrected chi connectivity index (χ4v) is 7.55. The van der Waals surface area contributed by atoms with Crippen LogP contribution in [-0.4, -0.2) is 53.3 Å². The Kier molecular flexibility index (Phi) is 6.94. The van der Waals surface area contributed by atoms with Crippen LogP contribution in [0.2, 0.25) is 0 Å². The zero-order valence-electron chi connectivity index (χ0n) is 16.7. The minimum absolute atomic E-state index is 0.276. The molecule has 0 spiro atoms. The van der Waals surface area contributed by atoms with Crippen LogP contribution in [-0.2, 0) is 0 Å². The van der Waals surface area contributed by atoms with Gasteiger partial charge in [-0.3, -0.25) is 14.0 Å². The summed E-state index contributed by atoms with van der Waals surface area (Å²) in [6, 6.07) is 0. The first kappa shape index (κ1) is 19.6. The number of hydrogen-bond donors (Lipinski definition) is 0. The van der Waals surface area contributed by atoms with Gasteiger partial charge in [-0.2, -0.15) is 0 Å². The fourth-order valence-electron chi connectivity index (χ4n) is 4.03. The molecule has 2 heterocycles. The summed E-state index contributed by atoms with van der Waals surface area (Å²) in [5.41, 5.74) is 0.507. The molecule has 0 amide bonds. The highest BCUT2D eigenvalue weighted by atomic mass is 31.2. The maximum Gasteiger partial charge on any atom is 0.120 e. The van der Waals surface area contributed by atoms with Crippen LogP contribution in [0.1, 0.15) is 61.3 Å². The van der Waals surface area contributed by atoms with Crippen LogP contribution >= 0.6 is 8.37 Å². The number of fused-ring (bicyclic) bond motifs is 3. The topological polar surface area (TPSA) is 9.72 Å². The fraction of sp³-hybridized carbons (Fsp3) is 1.00. The first-order valence-corrected chi connectivity index (χ1v) is 10.9. The van der Waals surface area contributed by atoms with Crippen LogP contribution < -0.4 is 0 Å². The molecule has 2 aliphatic rings. The van der Waals surface area contributed by atoms with Crippen molar-refractivity contribution < 1.29 is 0 Å². The van der Waals surface area contributed by atoms with Crippen molar-refractivity contribution in [2.24, 2.45) is 23.2 Å². The molecule has 136 valence electrons. The molecular weight excluding hydrogens is 301 g/mol. The van der Waals surface area contributed by atoms with Gasteiger partial charge in [-0.05, 0) is 36.0 Å². The van der Waals surface area contributed by atoms with Gasteiger partial charge in [0.05, 0.1) is 0 Å². The van der Waals surface area contributed by atoms with E-state index in [-0.39, 0.29) is 8.37 Å². The molecule has 2 aliphatic heterocycles. The van der Waals surface area contributed by atoms with Gasteiger partial charge in [0, 0.05) is 39.3 Å². The van der Waals surface area contributed by atoms with Gasteiger partial charge in [0.1, 0.15) is 8.37 Å². The third-order valence-corrected chi connectivity index (χ3v) is 7.55. The van der Waals surface area contributed by atoms with Gasteiger partial charge in [0.15, 0.2) is 0 Å². The van der Waals surface area contributed by atoms with Gasteiger partial charge in [-0.15, -0.1) is 0 Å². The van der Waals surface area contributed by atoms with Crippen LogP contribution in [0.5, 0.6) is 0 Å². The van der Waals surface area contributed by atoms with Crippen molar-refractivity contribution >= 4 is 8.37 Å². The van der Waals surface area contributed by atoms with Gasteiger partial charge in [0.25, 0.3) is 0 Å². The molecule has 0 N–H and O–H groups in total. The Morgan fingerprint density at radius 3 is 1.52 bits per heavy atom. The van der Waals surface area contributed by atoms with E-state index in [0.29, 0.717) is 5.41 Å². The van der Waals surface area contributed by atoms with E-state index in [9.17, 15) is 0 Å². The molecule has 23 heavy (non-hydrogen) atoms. The van der Waals surface area contributed by atoms with Crippen molar-refractivity contribution in [2.45, 2.75) is 61.3 Å². The Hall–Kier alpha value is 0.310. The first-order chi connectivity index (χ1) is 10.7. The molecule has 0 aromatic rings. The Morgan fingerprint density at radius 2 is 1.13 bits per heavy atom. The van der Waals surface area contributed by atoms with E-state index in [0.717, 1.165) is 17.8 Å². The maximum atomic E-state index is 2.88. The second-order valence-electron chi connectivity index (χ2n) is 9.43. The highest BCUT2D eigenvalue weighted by Crippen LogP contribution is 2.56. The van der Waals surface area contributed by atoms with E-state index in [1.54, 1.807) is 0 Å². The maximum absolute atomic E-state index is 2.88. The number of rotatable bonds is 6. The molecule has 2 rings (SSSR count). The Balaban J connectivity index is 2.31. The lowest BCUT2D eigenvalue weighted by Gasteiger charge is -2.44. The Morgan fingerprint density at radius 1 is 0.739 bits per heavy atom. The molecule has 2 bridgehead atoms. The van der Waals surface area contributed by atoms with Gasteiger partial charge in [-0.25, -0.2) is 0 Å². The standard InChI is InChI=1S/C19H40N3P/c1-16(2)12-20-10-8-19(7)9-11-21(13-17(3)4)23(20)22(15-19)14-18(5)6/h16-18H,8-15H2,1-7H3. The molecule has 0 saturated carbocycles. The largest absolute Gasteiger partial charge is 0.257 e. The van der Waals surface area contributed by atoms with Crippen molar-refractivity contribution in [3.8, 4) is 0 Å². The molecule has 0 atom stereocenters. The summed E-state index contributed by atoms with van der Waals surface area (Å²) in [6.45, 7) is 24.5. The summed E-state index contributed by atoms with van der Waals surface area (Å²) in [6.07, 6.45) is 2.76. The summed E-state index contributed by atoms with van der Waals surface area (Å²) in [7, 11) is -0.276. The van der Waals surface area contributed by atoms with E-state index in [2.05, 4.69) is 62.5 Å². The molecule has 0 unspecified atom stereocenters. The van der Waals surface area contributed by atoms with E-state index < -0.39 is 0 Å².